The molecule has 0 saturated heterocycles. The summed E-state index contributed by atoms with van der Waals surface area (Å²) in [7, 11) is 0. The van der Waals surface area contributed by atoms with Gasteiger partial charge in [-0.15, -0.1) is 0 Å². The van der Waals surface area contributed by atoms with Crippen molar-refractivity contribution < 1.29 is 9.53 Å². The molecule has 0 spiro atoms. The van der Waals surface area contributed by atoms with Crippen molar-refractivity contribution in [2.24, 2.45) is 5.92 Å². The molecule has 1 aliphatic carbocycles. The zero-order valence-corrected chi connectivity index (χ0v) is 17.7. The second-order valence-electron chi connectivity index (χ2n) is 7.57. The summed E-state index contributed by atoms with van der Waals surface area (Å²) < 4.78 is 6.85. The number of aromatic nitrogens is 1. The molecular formula is C22H26BrN3O2. The minimum atomic E-state index is 0.0477. The Morgan fingerprint density at radius 3 is 2.89 bits per heavy atom. The van der Waals surface area contributed by atoms with Gasteiger partial charge in [-0.2, -0.15) is 0 Å². The van der Waals surface area contributed by atoms with E-state index in [0.717, 1.165) is 65.9 Å². The van der Waals surface area contributed by atoms with Gasteiger partial charge >= 0.3 is 0 Å². The standard InChI is InChI=1S/C22H26BrN3O2/c1-2-12-28-18-8-5-15(6-9-18)22(27)26-14-16-4-3-11-24-21(16)25-19-10-7-17(23)13-20(19)26/h3-4,7,10-11,13,15,18H,2,5-6,8-9,12,14H2,1H3,(H,24,25). The fourth-order valence-corrected chi connectivity index (χ4v) is 4.42. The molecule has 1 aliphatic heterocycles. The third-order valence-corrected chi connectivity index (χ3v) is 6.06. The molecule has 0 bridgehead atoms. The molecule has 1 aromatic carbocycles. The van der Waals surface area contributed by atoms with Crippen molar-refractivity contribution in [2.45, 2.75) is 51.7 Å². The molecule has 4 rings (SSSR count). The normalized spacial score (nSPS) is 21.3. The minimum absolute atomic E-state index is 0.0477. The first kappa shape index (κ1) is 19.4. The molecule has 6 heteroatoms. The molecule has 2 aromatic rings. The molecule has 0 radical (unpaired) electrons. The van der Waals surface area contributed by atoms with E-state index in [0.29, 0.717) is 12.6 Å². The van der Waals surface area contributed by atoms with Gasteiger partial charge in [0, 0.05) is 28.8 Å². The van der Waals surface area contributed by atoms with Gasteiger partial charge in [-0.1, -0.05) is 28.9 Å². The highest BCUT2D eigenvalue weighted by Gasteiger charge is 2.33. The summed E-state index contributed by atoms with van der Waals surface area (Å²) in [4.78, 5) is 19.9. The van der Waals surface area contributed by atoms with Crippen LogP contribution in [-0.2, 0) is 16.1 Å². The number of nitrogens with one attached hydrogen (secondary N) is 1. The maximum atomic E-state index is 13.5. The molecule has 1 amide bonds. The van der Waals surface area contributed by atoms with Gasteiger partial charge < -0.3 is 15.0 Å². The number of benzene rings is 1. The lowest BCUT2D eigenvalue weighted by molar-refractivity contribution is -0.124. The number of carbonyl (C=O) groups excluding carboxylic acids is 1. The van der Waals surface area contributed by atoms with Gasteiger partial charge in [-0.05, 0) is 56.4 Å². The monoisotopic (exact) mass is 443 g/mol. The molecule has 1 fully saturated rings. The summed E-state index contributed by atoms with van der Waals surface area (Å²) in [5.74, 6) is 1.07. The van der Waals surface area contributed by atoms with Crippen molar-refractivity contribution in [3.05, 3.63) is 46.6 Å². The van der Waals surface area contributed by atoms with Crippen LogP contribution < -0.4 is 10.2 Å². The number of halogens is 1. The number of ether oxygens (including phenoxy) is 1. The first-order valence-electron chi connectivity index (χ1n) is 10.1. The van der Waals surface area contributed by atoms with Gasteiger partial charge in [0.05, 0.1) is 24.0 Å². The van der Waals surface area contributed by atoms with E-state index in [-0.39, 0.29) is 11.8 Å². The van der Waals surface area contributed by atoms with E-state index in [4.69, 9.17) is 4.74 Å². The van der Waals surface area contributed by atoms with Gasteiger partial charge in [0.1, 0.15) is 5.82 Å². The van der Waals surface area contributed by atoms with Gasteiger partial charge in [-0.3, -0.25) is 4.79 Å². The fraction of sp³-hybridized carbons (Fsp3) is 0.455. The van der Waals surface area contributed by atoms with Crippen molar-refractivity contribution in [2.75, 3.05) is 16.8 Å². The van der Waals surface area contributed by atoms with Gasteiger partial charge in [-0.25, -0.2) is 4.98 Å². The van der Waals surface area contributed by atoms with E-state index >= 15 is 0 Å². The van der Waals surface area contributed by atoms with E-state index in [9.17, 15) is 4.79 Å². The minimum Gasteiger partial charge on any atom is -0.378 e. The lowest BCUT2D eigenvalue weighted by Gasteiger charge is -2.32. The van der Waals surface area contributed by atoms with Crippen LogP contribution in [0, 0.1) is 5.92 Å². The average molecular weight is 444 g/mol. The quantitative estimate of drug-likeness (QED) is 0.684. The summed E-state index contributed by atoms with van der Waals surface area (Å²) in [6.45, 7) is 3.47. The molecule has 0 atom stereocenters. The first-order chi connectivity index (χ1) is 13.7. The maximum Gasteiger partial charge on any atom is 0.230 e. The molecule has 28 heavy (non-hydrogen) atoms. The Labute approximate surface area is 174 Å². The topological polar surface area (TPSA) is 54.5 Å². The largest absolute Gasteiger partial charge is 0.378 e. The van der Waals surface area contributed by atoms with E-state index in [2.05, 4.69) is 33.2 Å². The highest BCUT2D eigenvalue weighted by molar-refractivity contribution is 9.10. The van der Waals surface area contributed by atoms with Crippen molar-refractivity contribution in [3.63, 3.8) is 0 Å². The van der Waals surface area contributed by atoms with Crippen LogP contribution in [0.1, 0.15) is 44.6 Å². The predicted octanol–water partition coefficient (Wildman–Crippen LogP) is 5.42. The zero-order chi connectivity index (χ0) is 19.5. The molecule has 1 aromatic heterocycles. The predicted molar refractivity (Wildman–Crippen MR) is 115 cm³/mol. The first-order valence-corrected chi connectivity index (χ1v) is 10.9. The lowest BCUT2D eigenvalue weighted by atomic mass is 9.86. The average Bonchev–Trinajstić information content (AvgIpc) is 2.88. The van der Waals surface area contributed by atoms with Crippen LogP contribution in [0.3, 0.4) is 0 Å². The van der Waals surface area contributed by atoms with E-state index in [1.807, 2.05) is 35.2 Å². The second-order valence-corrected chi connectivity index (χ2v) is 8.48. The van der Waals surface area contributed by atoms with Crippen LogP contribution in [0.5, 0.6) is 0 Å². The molecule has 1 saturated carbocycles. The summed E-state index contributed by atoms with van der Waals surface area (Å²) in [5, 5.41) is 3.40. The Bertz CT molecular complexity index is 849. The van der Waals surface area contributed by atoms with Crippen LogP contribution in [0.2, 0.25) is 0 Å². The van der Waals surface area contributed by atoms with E-state index in [1.165, 1.54) is 0 Å². The van der Waals surface area contributed by atoms with Gasteiger partial charge in [0.2, 0.25) is 5.91 Å². The number of fused-ring (bicyclic) bond motifs is 2. The van der Waals surface area contributed by atoms with Crippen LogP contribution in [0.15, 0.2) is 41.0 Å². The fourth-order valence-electron chi connectivity index (χ4n) is 4.07. The van der Waals surface area contributed by atoms with Crippen LogP contribution in [0.25, 0.3) is 0 Å². The lowest BCUT2D eigenvalue weighted by Crippen LogP contribution is -2.38. The highest BCUT2D eigenvalue weighted by atomic mass is 79.9. The molecule has 2 heterocycles. The zero-order valence-electron chi connectivity index (χ0n) is 16.2. The molecule has 0 unspecified atom stereocenters. The number of amides is 1. The summed E-state index contributed by atoms with van der Waals surface area (Å²) in [6, 6.07) is 9.96. The molecule has 1 N–H and O–H groups in total. The Hall–Kier alpha value is -1.92. The SMILES string of the molecule is CCCOC1CCC(C(=O)N2Cc3cccnc3Nc3ccc(Br)cc32)CC1. The molecule has 5 nitrogen and oxygen atoms in total. The second kappa shape index (κ2) is 8.62. The van der Waals surface area contributed by atoms with Gasteiger partial charge in [0.25, 0.3) is 0 Å². The number of hydrogen-bond acceptors (Lipinski definition) is 4. The number of nitrogens with zero attached hydrogens (tertiary/aromatic N) is 2. The molecule has 2 aliphatic rings. The number of carbonyl (C=O) groups is 1. The van der Waals surface area contributed by atoms with Crippen LogP contribution in [0.4, 0.5) is 17.2 Å². The Kier molecular flexibility index (Phi) is 5.97. The van der Waals surface area contributed by atoms with Crippen molar-refractivity contribution in [3.8, 4) is 0 Å². The van der Waals surface area contributed by atoms with Crippen molar-refractivity contribution in [1.82, 2.24) is 4.98 Å². The molecular weight excluding hydrogens is 418 g/mol. The summed E-state index contributed by atoms with van der Waals surface area (Å²) >= 11 is 3.56. The Morgan fingerprint density at radius 2 is 2.11 bits per heavy atom. The van der Waals surface area contributed by atoms with Gasteiger partial charge in [0.15, 0.2) is 0 Å². The van der Waals surface area contributed by atoms with E-state index < -0.39 is 0 Å². The van der Waals surface area contributed by atoms with Crippen LogP contribution >= 0.6 is 15.9 Å². The maximum absolute atomic E-state index is 13.5. The Morgan fingerprint density at radius 1 is 1.29 bits per heavy atom. The third-order valence-electron chi connectivity index (χ3n) is 5.57. The van der Waals surface area contributed by atoms with Crippen molar-refractivity contribution >= 4 is 39.0 Å². The number of pyridine rings is 1. The summed E-state index contributed by atoms with van der Waals surface area (Å²) in [5.41, 5.74) is 2.85. The number of rotatable bonds is 4. The number of hydrogen-bond donors (Lipinski definition) is 1. The van der Waals surface area contributed by atoms with Crippen molar-refractivity contribution in [1.29, 1.82) is 0 Å². The highest BCUT2D eigenvalue weighted by Crippen LogP contribution is 2.39. The summed E-state index contributed by atoms with van der Waals surface area (Å²) in [6.07, 6.45) is 6.83. The van der Waals surface area contributed by atoms with Crippen LogP contribution in [-0.4, -0.2) is 23.6 Å². The third kappa shape index (κ3) is 4.08. The number of anilines is 3. The Balaban J connectivity index is 1.58. The van der Waals surface area contributed by atoms with E-state index in [1.54, 1.807) is 6.20 Å². The molecule has 148 valence electrons. The smallest absolute Gasteiger partial charge is 0.230 e.